The molecule has 6 heteroatoms. The van der Waals surface area contributed by atoms with Gasteiger partial charge in [-0.1, -0.05) is 152 Å². The monoisotopic (exact) mass is 880 g/mol. The Morgan fingerprint density at radius 1 is 0.275 bits per heavy atom. The van der Waals surface area contributed by atoms with E-state index in [1.807, 2.05) is 36.5 Å². The highest BCUT2D eigenvalue weighted by Crippen LogP contribution is 2.40. The van der Waals surface area contributed by atoms with Crippen molar-refractivity contribution in [1.82, 2.24) is 28.7 Å². The molecule has 0 aliphatic carbocycles. The van der Waals surface area contributed by atoms with Crippen LogP contribution in [0, 0.1) is 0 Å². The number of nitrogens with zero attached hydrogens (tertiary/aromatic N) is 6. The van der Waals surface area contributed by atoms with Gasteiger partial charge in [0.1, 0.15) is 5.82 Å². The molecule has 6 nitrogen and oxygen atoms in total. The fourth-order valence-corrected chi connectivity index (χ4v) is 10.5. The van der Waals surface area contributed by atoms with Gasteiger partial charge in [-0.05, 0) is 101 Å². The van der Waals surface area contributed by atoms with Crippen LogP contribution in [0.25, 0.3) is 128 Å². The van der Waals surface area contributed by atoms with Crippen LogP contribution in [0.4, 0.5) is 0 Å². The Labute approximate surface area is 397 Å². The Hall–Kier alpha value is -9.39. The van der Waals surface area contributed by atoms with Gasteiger partial charge in [-0.25, -0.2) is 9.97 Å². The molecule has 322 valence electrons. The van der Waals surface area contributed by atoms with Crippen molar-refractivity contribution in [3.63, 3.8) is 0 Å². The molecule has 0 aliphatic heterocycles. The van der Waals surface area contributed by atoms with Gasteiger partial charge in [0, 0.05) is 61.7 Å². The van der Waals surface area contributed by atoms with E-state index in [0.717, 1.165) is 94.8 Å². The molecular weight excluding hydrogens is 841 g/mol. The molecule has 14 aromatic rings. The highest BCUT2D eigenvalue weighted by atomic mass is 15.1. The van der Waals surface area contributed by atoms with Crippen molar-refractivity contribution in [2.24, 2.45) is 0 Å². The first-order valence-corrected chi connectivity index (χ1v) is 23.3. The van der Waals surface area contributed by atoms with Gasteiger partial charge in [-0.15, -0.1) is 0 Å². The highest BCUT2D eigenvalue weighted by Gasteiger charge is 2.20. The summed E-state index contributed by atoms with van der Waals surface area (Å²) in [6.45, 7) is 0. The highest BCUT2D eigenvalue weighted by molar-refractivity contribution is 6.13. The first kappa shape index (κ1) is 38.8. The fraction of sp³-hybridized carbons (Fsp3) is 0. The molecule has 0 saturated heterocycles. The summed E-state index contributed by atoms with van der Waals surface area (Å²) in [7, 11) is 0. The molecule has 0 bridgehead atoms. The number of fused-ring (bicyclic) bond motifs is 9. The Morgan fingerprint density at radius 2 is 0.783 bits per heavy atom. The summed E-state index contributed by atoms with van der Waals surface area (Å²) in [6, 6.07) is 84.3. The summed E-state index contributed by atoms with van der Waals surface area (Å²) in [5, 5.41) is 5.92. The minimum Gasteiger partial charge on any atom is -0.309 e. The Bertz CT molecular complexity index is 4220. The van der Waals surface area contributed by atoms with Crippen molar-refractivity contribution < 1.29 is 0 Å². The van der Waals surface area contributed by atoms with E-state index in [-0.39, 0.29) is 0 Å². The summed E-state index contributed by atoms with van der Waals surface area (Å²) in [5.41, 5.74) is 17.5. The van der Waals surface area contributed by atoms with E-state index < -0.39 is 0 Å². The maximum absolute atomic E-state index is 5.25. The van der Waals surface area contributed by atoms with E-state index in [9.17, 15) is 0 Å². The van der Waals surface area contributed by atoms with E-state index in [0.29, 0.717) is 5.82 Å². The average molecular weight is 881 g/mol. The third kappa shape index (κ3) is 6.30. The second-order valence-corrected chi connectivity index (χ2v) is 17.7. The topological polar surface area (TPSA) is 53.5 Å². The zero-order valence-corrected chi connectivity index (χ0v) is 37.3. The third-order valence-electron chi connectivity index (χ3n) is 13.7. The molecule has 0 atom stereocenters. The van der Waals surface area contributed by atoms with Gasteiger partial charge in [-0.3, -0.25) is 9.55 Å². The number of hydrogen-bond donors (Lipinski definition) is 0. The second-order valence-electron chi connectivity index (χ2n) is 17.7. The van der Waals surface area contributed by atoms with Crippen LogP contribution in [-0.2, 0) is 0 Å². The van der Waals surface area contributed by atoms with Crippen LogP contribution >= 0.6 is 0 Å². The molecule has 9 aromatic carbocycles. The van der Waals surface area contributed by atoms with Crippen molar-refractivity contribution in [3.8, 4) is 62.1 Å². The van der Waals surface area contributed by atoms with Crippen LogP contribution in [0.2, 0.25) is 0 Å². The minimum absolute atomic E-state index is 0.690. The van der Waals surface area contributed by atoms with Crippen molar-refractivity contribution in [2.45, 2.75) is 0 Å². The molecule has 69 heavy (non-hydrogen) atoms. The molecule has 5 aromatic heterocycles. The van der Waals surface area contributed by atoms with Crippen LogP contribution in [0.15, 0.2) is 243 Å². The van der Waals surface area contributed by atoms with Gasteiger partial charge in [0.2, 0.25) is 0 Å². The third-order valence-corrected chi connectivity index (χ3v) is 13.7. The van der Waals surface area contributed by atoms with E-state index in [1.165, 1.54) is 27.1 Å². The first-order chi connectivity index (χ1) is 34.2. The molecule has 0 aliphatic rings. The molecule has 0 spiro atoms. The number of rotatable bonds is 7. The summed E-state index contributed by atoms with van der Waals surface area (Å²) < 4.78 is 7.00. The Kier molecular flexibility index (Phi) is 8.79. The fourth-order valence-electron chi connectivity index (χ4n) is 10.5. The minimum atomic E-state index is 0.690. The van der Waals surface area contributed by atoms with Crippen LogP contribution < -0.4 is 0 Å². The average Bonchev–Trinajstić information content (AvgIpc) is 4.06. The number of benzene rings is 9. The zero-order chi connectivity index (χ0) is 45.4. The summed E-state index contributed by atoms with van der Waals surface area (Å²) in [4.78, 5) is 15.2. The summed E-state index contributed by atoms with van der Waals surface area (Å²) >= 11 is 0. The largest absolute Gasteiger partial charge is 0.309 e. The molecule has 14 rings (SSSR count). The van der Waals surface area contributed by atoms with Crippen molar-refractivity contribution in [2.75, 3.05) is 0 Å². The summed E-state index contributed by atoms with van der Waals surface area (Å²) in [5.74, 6) is 1.52. The lowest BCUT2D eigenvalue weighted by molar-refractivity contribution is 1.05. The lowest BCUT2D eigenvalue weighted by atomic mass is 10.0. The van der Waals surface area contributed by atoms with E-state index in [1.54, 1.807) is 0 Å². The van der Waals surface area contributed by atoms with Gasteiger partial charge < -0.3 is 9.13 Å². The van der Waals surface area contributed by atoms with Gasteiger partial charge in [0.25, 0.3) is 0 Å². The lowest BCUT2D eigenvalue weighted by Crippen LogP contribution is -2.02. The molecule has 0 amide bonds. The number of hydrogen-bond acceptors (Lipinski definition) is 3. The molecule has 0 fully saturated rings. The molecule has 0 saturated carbocycles. The van der Waals surface area contributed by atoms with E-state index in [4.69, 9.17) is 15.0 Å². The summed E-state index contributed by atoms with van der Waals surface area (Å²) in [6.07, 6.45) is 1.89. The molecular formula is C63H40N6. The SMILES string of the molecule is c1ccc(-c2cc(-n3c4ccccc4c4cc(-c5ccc6c7ccccc7n(-c7ccc(-c8ccc9c(c8)c8ncccc8n9-c8ccccc8)cc7)c6c5)ccc43)nc(-c3ccccc3)n2)cc1. The van der Waals surface area contributed by atoms with Crippen LogP contribution in [-0.4, -0.2) is 28.7 Å². The first-order valence-electron chi connectivity index (χ1n) is 23.3. The van der Waals surface area contributed by atoms with Gasteiger partial charge in [-0.2, -0.15) is 0 Å². The normalized spacial score (nSPS) is 11.8. The maximum Gasteiger partial charge on any atom is 0.162 e. The molecule has 0 radical (unpaired) electrons. The molecule has 0 N–H and O–H groups in total. The number of pyridine rings is 1. The van der Waals surface area contributed by atoms with Crippen molar-refractivity contribution in [3.05, 3.63) is 243 Å². The predicted molar refractivity (Wildman–Crippen MR) is 285 cm³/mol. The predicted octanol–water partition coefficient (Wildman–Crippen LogP) is 15.8. The standard InChI is InChI=1S/C63H40N6/c1-4-15-42(16-5-1)54-40-61(66-63(65-54)43-17-6-2-7-18-43)69-56-24-13-11-22-50(56)52-37-45(30-34-57(52)69)46-28-33-51-49-21-10-12-23-55(49)68(60(51)39-46)48-31-26-41(27-32-48)44-29-35-58-53(38-44)62-59(25-14-36-64-62)67(58)47-19-8-3-9-20-47/h1-40H. The molecule has 5 heterocycles. The van der Waals surface area contributed by atoms with Crippen molar-refractivity contribution >= 4 is 65.5 Å². The second kappa shape index (κ2) is 15.6. The van der Waals surface area contributed by atoms with Crippen LogP contribution in [0.3, 0.4) is 0 Å². The van der Waals surface area contributed by atoms with Gasteiger partial charge in [0.05, 0.1) is 44.3 Å². The maximum atomic E-state index is 5.25. The van der Waals surface area contributed by atoms with E-state index >= 15 is 0 Å². The number of aromatic nitrogens is 6. The quantitative estimate of drug-likeness (QED) is 0.160. The molecule has 0 unspecified atom stereocenters. The Morgan fingerprint density at radius 3 is 1.54 bits per heavy atom. The number of para-hydroxylation sites is 3. The zero-order valence-electron chi connectivity index (χ0n) is 37.3. The van der Waals surface area contributed by atoms with Crippen molar-refractivity contribution in [1.29, 1.82) is 0 Å². The van der Waals surface area contributed by atoms with Gasteiger partial charge >= 0.3 is 0 Å². The van der Waals surface area contributed by atoms with Crippen LogP contribution in [0.1, 0.15) is 0 Å². The van der Waals surface area contributed by atoms with Crippen LogP contribution in [0.5, 0.6) is 0 Å². The lowest BCUT2D eigenvalue weighted by Gasteiger charge is -2.12. The smallest absolute Gasteiger partial charge is 0.162 e. The Balaban J connectivity index is 0.877. The van der Waals surface area contributed by atoms with Gasteiger partial charge in [0.15, 0.2) is 5.82 Å². The van der Waals surface area contributed by atoms with E-state index in [2.05, 4.69) is 220 Å².